The zero-order valence-electron chi connectivity index (χ0n) is 16.2. The van der Waals surface area contributed by atoms with Gasteiger partial charge in [0.25, 0.3) is 11.6 Å². The minimum atomic E-state index is -0.352. The number of nitrogens with zero attached hydrogens (tertiary/aromatic N) is 3. The van der Waals surface area contributed by atoms with Crippen molar-refractivity contribution in [3.8, 4) is 0 Å². The molecule has 0 unspecified atom stereocenters. The molecule has 152 valence electrons. The fourth-order valence-corrected chi connectivity index (χ4v) is 5.26. The Morgan fingerprint density at radius 3 is 3.04 bits per heavy atom. The Morgan fingerprint density at radius 2 is 2.21 bits per heavy atom. The molecule has 2 aliphatic heterocycles. The average molecular weight is 407 g/mol. The number of hydrogen-bond donors (Lipinski definition) is 2. The van der Waals surface area contributed by atoms with Crippen LogP contribution in [0.5, 0.6) is 0 Å². The molecule has 2 aromatic rings. The monoisotopic (exact) mass is 406 g/mol. The normalized spacial score (nSPS) is 27.1. The molecule has 2 N–H and O–H groups in total. The van der Waals surface area contributed by atoms with Crippen LogP contribution in [0.3, 0.4) is 0 Å². The first-order chi connectivity index (χ1) is 13.1. The highest BCUT2D eigenvalue weighted by Gasteiger charge is 2.45. The third kappa shape index (κ3) is 2.91. The van der Waals surface area contributed by atoms with E-state index in [4.69, 9.17) is 4.52 Å². The van der Waals surface area contributed by atoms with Crippen molar-refractivity contribution in [2.75, 3.05) is 26.2 Å². The quantitative estimate of drug-likeness (QED) is 0.752. The first kappa shape index (κ1) is 19.6. The molecular formula is C20H27ClN4O3. The molecule has 2 atom stereocenters. The summed E-state index contributed by atoms with van der Waals surface area (Å²) in [5.74, 6) is 0.0451. The molecule has 8 heteroatoms. The Labute approximate surface area is 170 Å². The van der Waals surface area contributed by atoms with Crippen molar-refractivity contribution in [1.29, 1.82) is 0 Å². The number of likely N-dealkylation sites (tertiary alicyclic amines) is 1. The number of pyridine rings is 1. The lowest BCUT2D eigenvalue weighted by atomic mass is 9.72. The summed E-state index contributed by atoms with van der Waals surface area (Å²) in [4.78, 5) is 20.2. The lowest BCUT2D eigenvalue weighted by molar-refractivity contribution is -0.0432. The fourth-order valence-electron chi connectivity index (χ4n) is 5.26. The van der Waals surface area contributed by atoms with Crippen molar-refractivity contribution in [1.82, 2.24) is 20.4 Å². The van der Waals surface area contributed by atoms with Gasteiger partial charge in [-0.25, -0.2) is 4.98 Å². The molecule has 1 amide bonds. The van der Waals surface area contributed by atoms with Crippen molar-refractivity contribution in [2.45, 2.75) is 51.6 Å². The van der Waals surface area contributed by atoms with Gasteiger partial charge in [-0.1, -0.05) is 5.16 Å². The van der Waals surface area contributed by atoms with E-state index >= 15 is 0 Å². The van der Waals surface area contributed by atoms with Gasteiger partial charge < -0.3 is 19.8 Å². The molecule has 0 saturated carbocycles. The number of aromatic nitrogens is 2. The van der Waals surface area contributed by atoms with Gasteiger partial charge in [-0.05, 0) is 57.6 Å². The minimum Gasteiger partial charge on any atom is -0.392 e. The molecular weight excluding hydrogens is 380 g/mol. The van der Waals surface area contributed by atoms with E-state index in [2.05, 4.69) is 15.5 Å². The standard InChI is InChI=1S/C20H26N4O3.ClH/c1-12-16-17(13-4-2-5-14(13)22-18(16)27-23-12)19(26)24-9-3-7-20(11-24)10-21-8-6-15(20)25;/h15,21,25H,2-11H2,1H3;1H/t15-,20-;/m0./s1. The number of hydrogen-bond acceptors (Lipinski definition) is 6. The summed E-state index contributed by atoms with van der Waals surface area (Å²) < 4.78 is 5.40. The van der Waals surface area contributed by atoms with E-state index in [1.807, 2.05) is 11.8 Å². The van der Waals surface area contributed by atoms with Gasteiger partial charge in [0.15, 0.2) is 0 Å². The van der Waals surface area contributed by atoms with E-state index in [0.717, 1.165) is 86.1 Å². The lowest BCUT2D eigenvalue weighted by Gasteiger charge is -2.48. The molecule has 2 fully saturated rings. The lowest BCUT2D eigenvalue weighted by Crippen LogP contribution is -2.58. The maximum absolute atomic E-state index is 13.7. The van der Waals surface area contributed by atoms with Gasteiger partial charge in [0, 0.05) is 30.7 Å². The second kappa shape index (κ2) is 7.28. The van der Waals surface area contributed by atoms with Crippen LogP contribution in [0.1, 0.15) is 53.0 Å². The van der Waals surface area contributed by atoms with E-state index in [1.165, 1.54) is 0 Å². The molecule has 1 aliphatic carbocycles. The Hall–Kier alpha value is -1.70. The number of aliphatic hydroxyl groups excluding tert-OH is 1. The van der Waals surface area contributed by atoms with Crippen molar-refractivity contribution >= 4 is 29.4 Å². The highest BCUT2D eigenvalue weighted by Crippen LogP contribution is 2.38. The molecule has 4 heterocycles. The second-order valence-corrected chi connectivity index (χ2v) is 8.39. The van der Waals surface area contributed by atoms with E-state index in [-0.39, 0.29) is 29.8 Å². The number of aryl methyl sites for hydroxylation is 2. The van der Waals surface area contributed by atoms with Crippen molar-refractivity contribution in [3.05, 3.63) is 22.5 Å². The van der Waals surface area contributed by atoms with Crippen LogP contribution in [0.4, 0.5) is 0 Å². The van der Waals surface area contributed by atoms with Crippen LogP contribution < -0.4 is 5.32 Å². The molecule has 0 bridgehead atoms. The molecule has 7 nitrogen and oxygen atoms in total. The molecule has 3 aliphatic rings. The summed E-state index contributed by atoms with van der Waals surface area (Å²) in [6.07, 6.45) is 5.07. The van der Waals surface area contributed by atoms with Gasteiger partial charge in [-0.15, -0.1) is 12.4 Å². The van der Waals surface area contributed by atoms with Crippen LogP contribution in [0.25, 0.3) is 11.1 Å². The van der Waals surface area contributed by atoms with Crippen molar-refractivity contribution in [3.63, 3.8) is 0 Å². The summed E-state index contributed by atoms with van der Waals surface area (Å²) in [6.45, 7) is 4.82. The predicted octanol–water partition coefficient (Wildman–Crippen LogP) is 2.02. The summed E-state index contributed by atoms with van der Waals surface area (Å²) in [6, 6.07) is 0. The third-order valence-corrected chi connectivity index (χ3v) is 6.71. The summed E-state index contributed by atoms with van der Waals surface area (Å²) in [7, 11) is 0. The number of piperidine rings is 2. The van der Waals surface area contributed by atoms with Gasteiger partial charge in [-0.2, -0.15) is 0 Å². The molecule has 1 spiro atoms. The van der Waals surface area contributed by atoms with Crippen LogP contribution in [0, 0.1) is 12.3 Å². The molecule has 5 rings (SSSR count). The van der Waals surface area contributed by atoms with Crippen LogP contribution in [0.15, 0.2) is 4.52 Å². The van der Waals surface area contributed by atoms with Gasteiger partial charge in [0.1, 0.15) is 0 Å². The zero-order valence-corrected chi connectivity index (χ0v) is 17.0. The number of amides is 1. The number of fused-ring (bicyclic) bond motifs is 2. The maximum atomic E-state index is 13.7. The van der Waals surface area contributed by atoms with E-state index < -0.39 is 0 Å². The van der Waals surface area contributed by atoms with E-state index in [0.29, 0.717) is 12.3 Å². The molecule has 0 radical (unpaired) electrons. The van der Waals surface area contributed by atoms with Gasteiger partial charge in [0.05, 0.1) is 22.7 Å². The highest BCUT2D eigenvalue weighted by molar-refractivity contribution is 6.07. The molecule has 28 heavy (non-hydrogen) atoms. The fraction of sp³-hybridized carbons (Fsp3) is 0.650. The average Bonchev–Trinajstić information content (AvgIpc) is 3.29. The number of carbonyl (C=O) groups excluding carboxylic acids is 1. The highest BCUT2D eigenvalue weighted by atomic mass is 35.5. The molecule has 2 saturated heterocycles. The number of carbonyl (C=O) groups is 1. The van der Waals surface area contributed by atoms with Crippen LogP contribution in [-0.4, -0.2) is 58.3 Å². The number of nitrogens with one attached hydrogen (secondary N) is 1. The Bertz CT molecular complexity index is 910. The first-order valence-corrected chi connectivity index (χ1v) is 10.0. The van der Waals surface area contributed by atoms with E-state index in [1.54, 1.807) is 0 Å². The van der Waals surface area contributed by atoms with Crippen LogP contribution in [-0.2, 0) is 12.8 Å². The zero-order chi connectivity index (χ0) is 18.6. The van der Waals surface area contributed by atoms with Crippen molar-refractivity contribution < 1.29 is 14.4 Å². The minimum absolute atomic E-state index is 0. The second-order valence-electron chi connectivity index (χ2n) is 8.39. The number of rotatable bonds is 1. The van der Waals surface area contributed by atoms with Crippen molar-refractivity contribution in [2.24, 2.45) is 5.41 Å². The number of aliphatic hydroxyl groups is 1. The third-order valence-electron chi connectivity index (χ3n) is 6.71. The van der Waals surface area contributed by atoms with Gasteiger partial charge in [-0.3, -0.25) is 4.79 Å². The SMILES string of the molecule is Cc1noc2nc3c(c(C(=O)N4CCC[C@]5(CNCC[C@@H]5O)C4)c12)CCC3.Cl. The van der Waals surface area contributed by atoms with Crippen LogP contribution >= 0.6 is 12.4 Å². The van der Waals surface area contributed by atoms with Crippen LogP contribution in [0.2, 0.25) is 0 Å². The molecule has 2 aromatic heterocycles. The summed E-state index contributed by atoms with van der Waals surface area (Å²) in [5.41, 5.74) is 3.75. The van der Waals surface area contributed by atoms with Gasteiger partial charge in [0.2, 0.25) is 0 Å². The van der Waals surface area contributed by atoms with E-state index in [9.17, 15) is 9.90 Å². The Balaban J connectivity index is 0.00000192. The maximum Gasteiger partial charge on any atom is 0.259 e. The Morgan fingerprint density at radius 1 is 1.36 bits per heavy atom. The number of halogens is 1. The summed E-state index contributed by atoms with van der Waals surface area (Å²) >= 11 is 0. The van der Waals surface area contributed by atoms with Gasteiger partial charge >= 0.3 is 0 Å². The largest absolute Gasteiger partial charge is 0.392 e. The Kier molecular flexibility index (Phi) is 5.10. The smallest absolute Gasteiger partial charge is 0.259 e. The summed E-state index contributed by atoms with van der Waals surface area (Å²) in [5, 5.41) is 18.9. The topological polar surface area (TPSA) is 91.5 Å². The first-order valence-electron chi connectivity index (χ1n) is 10.0. The molecule has 0 aromatic carbocycles. The predicted molar refractivity (Wildman–Crippen MR) is 107 cm³/mol.